The van der Waals surface area contributed by atoms with Gasteiger partial charge in [-0.1, -0.05) is 106 Å². The van der Waals surface area contributed by atoms with Crippen LogP contribution in [0, 0.1) is 13.8 Å². The fourth-order valence-electron chi connectivity index (χ4n) is 5.00. The van der Waals surface area contributed by atoms with Gasteiger partial charge in [0.05, 0.1) is 10.6 Å². The molecule has 3 heteroatoms. The molecule has 0 atom stereocenters. The van der Waals surface area contributed by atoms with E-state index in [0.29, 0.717) is 6.04 Å². The van der Waals surface area contributed by atoms with E-state index >= 15 is 0 Å². The van der Waals surface area contributed by atoms with Gasteiger partial charge in [-0.05, 0) is 62.1 Å². The van der Waals surface area contributed by atoms with Crippen LogP contribution in [0.15, 0.2) is 80.2 Å². The molecule has 0 saturated heterocycles. The first kappa shape index (κ1) is 24.3. The topological polar surface area (TPSA) is 3.24 Å². The number of benzene rings is 3. The fraction of sp³-hybridized carbons (Fsp3) is 0.400. The van der Waals surface area contributed by atoms with Crippen molar-refractivity contribution >= 4 is 34.9 Å². The predicted molar refractivity (Wildman–Crippen MR) is 147 cm³/mol. The molecular weight excluding hydrogens is 438 g/mol. The molecule has 1 fully saturated rings. The number of nitrogens with zero attached hydrogens (tertiary/aromatic N) is 1. The van der Waals surface area contributed by atoms with E-state index in [9.17, 15) is 0 Å². The molecule has 1 nitrogen and oxygen atoms in total. The molecule has 0 bridgehead atoms. The molecule has 1 aliphatic heterocycles. The molecule has 1 aliphatic carbocycles. The van der Waals surface area contributed by atoms with Crippen LogP contribution in [0.4, 0.5) is 11.4 Å². The van der Waals surface area contributed by atoms with Crippen molar-refractivity contribution in [2.75, 3.05) is 4.90 Å². The Morgan fingerprint density at radius 3 is 1.94 bits per heavy atom. The lowest BCUT2D eigenvalue weighted by Gasteiger charge is -2.39. The molecular formula is C30H37NS2. The molecule has 1 heterocycles. The van der Waals surface area contributed by atoms with Crippen LogP contribution < -0.4 is 4.90 Å². The van der Waals surface area contributed by atoms with Crippen molar-refractivity contribution in [2.45, 2.75) is 98.3 Å². The first-order chi connectivity index (χ1) is 16.2. The van der Waals surface area contributed by atoms with Crippen molar-refractivity contribution in [1.29, 1.82) is 0 Å². The van der Waals surface area contributed by atoms with Gasteiger partial charge >= 0.3 is 0 Å². The molecule has 0 spiro atoms. The van der Waals surface area contributed by atoms with Crippen LogP contribution in [-0.4, -0.2) is 6.04 Å². The molecule has 2 aliphatic rings. The summed E-state index contributed by atoms with van der Waals surface area (Å²) in [7, 11) is 0. The van der Waals surface area contributed by atoms with Gasteiger partial charge in [0, 0.05) is 26.4 Å². The van der Waals surface area contributed by atoms with E-state index in [-0.39, 0.29) is 0 Å². The van der Waals surface area contributed by atoms with Crippen molar-refractivity contribution in [3.05, 3.63) is 71.8 Å². The number of fused-ring (bicyclic) bond motifs is 2. The maximum Gasteiger partial charge on any atom is 0.0596 e. The van der Waals surface area contributed by atoms with Gasteiger partial charge in [0.1, 0.15) is 0 Å². The summed E-state index contributed by atoms with van der Waals surface area (Å²) >= 11 is 3.89. The van der Waals surface area contributed by atoms with E-state index in [1.54, 1.807) is 0 Å². The summed E-state index contributed by atoms with van der Waals surface area (Å²) in [5, 5.41) is 0. The first-order valence-electron chi connectivity index (χ1n) is 12.7. The van der Waals surface area contributed by atoms with Gasteiger partial charge in [0.25, 0.3) is 0 Å². The monoisotopic (exact) mass is 475 g/mol. The van der Waals surface area contributed by atoms with Gasteiger partial charge in [0.15, 0.2) is 0 Å². The minimum atomic E-state index is 0.564. The Kier molecular flexibility index (Phi) is 8.49. The van der Waals surface area contributed by atoms with E-state index in [0.717, 1.165) is 0 Å². The van der Waals surface area contributed by atoms with Crippen LogP contribution in [0.25, 0.3) is 0 Å². The third-order valence-corrected chi connectivity index (χ3v) is 9.22. The maximum atomic E-state index is 2.73. The van der Waals surface area contributed by atoms with Crippen molar-refractivity contribution in [3.63, 3.8) is 0 Å². The summed E-state index contributed by atoms with van der Waals surface area (Å²) < 4.78 is 0. The van der Waals surface area contributed by atoms with E-state index in [4.69, 9.17) is 0 Å². The van der Waals surface area contributed by atoms with Crippen LogP contribution in [0.1, 0.15) is 69.9 Å². The lowest BCUT2D eigenvalue weighted by atomic mass is 9.93. The molecule has 0 aromatic heterocycles. The normalized spacial score (nSPS) is 15.9. The molecule has 0 amide bonds. The third-order valence-electron chi connectivity index (χ3n) is 6.63. The number of aryl methyl sites for hydroxylation is 2. The highest BCUT2D eigenvalue weighted by molar-refractivity contribution is 8.05. The number of hydrogen-bond acceptors (Lipinski definition) is 3. The average Bonchev–Trinajstić information content (AvgIpc) is 2.82. The highest BCUT2D eigenvalue weighted by Gasteiger charge is 2.29. The maximum absolute atomic E-state index is 2.73. The van der Waals surface area contributed by atoms with Gasteiger partial charge in [-0.2, -0.15) is 0 Å². The molecule has 3 aromatic carbocycles. The minimum absolute atomic E-state index is 0.564. The smallest absolute Gasteiger partial charge is 0.0596 e. The van der Waals surface area contributed by atoms with E-state index in [1.165, 1.54) is 87.0 Å². The quantitative estimate of drug-likeness (QED) is 0.290. The summed E-state index contributed by atoms with van der Waals surface area (Å²) in [5.74, 6) is 0. The summed E-state index contributed by atoms with van der Waals surface area (Å²) in [6.07, 6.45) is 9.40. The Balaban J connectivity index is 0.00000126. The van der Waals surface area contributed by atoms with Crippen LogP contribution in [0.3, 0.4) is 0 Å². The third kappa shape index (κ3) is 5.30. The molecule has 3 aromatic rings. The van der Waals surface area contributed by atoms with Crippen LogP contribution in [0.5, 0.6) is 0 Å². The number of para-hydroxylation sites is 1. The summed E-state index contributed by atoms with van der Waals surface area (Å²) in [4.78, 5) is 8.33. The summed E-state index contributed by atoms with van der Waals surface area (Å²) in [6, 6.07) is 23.1. The van der Waals surface area contributed by atoms with Crippen LogP contribution >= 0.6 is 23.5 Å². The lowest BCUT2D eigenvalue weighted by Crippen LogP contribution is -2.33. The summed E-state index contributed by atoms with van der Waals surface area (Å²) in [6.45, 7) is 8.57. The van der Waals surface area contributed by atoms with Gasteiger partial charge in [-0.25, -0.2) is 0 Å². The zero-order chi connectivity index (χ0) is 23.2. The highest BCUT2D eigenvalue weighted by Crippen LogP contribution is 2.54. The van der Waals surface area contributed by atoms with Gasteiger partial charge < -0.3 is 4.90 Å². The van der Waals surface area contributed by atoms with E-state index in [2.05, 4.69) is 79.4 Å². The average molecular weight is 476 g/mol. The first-order valence-corrected chi connectivity index (χ1v) is 14.3. The molecule has 33 heavy (non-hydrogen) atoms. The zero-order valence-corrected chi connectivity index (χ0v) is 22.2. The standard InChI is InChI=1S/C28H31NS2.C2H6/c1-20-12-8-9-15-23(20)29(22-13-6-4-3-5-7-14-22)27-21(2)18-19-26-28(27)31-25-17-11-10-16-24(25)30-26;1-2/h8-12,15-19,22H,3-7,13-14H2,1-2H3;1-2H3. The van der Waals surface area contributed by atoms with E-state index < -0.39 is 0 Å². The van der Waals surface area contributed by atoms with Gasteiger partial charge in [0.2, 0.25) is 0 Å². The number of hydrogen-bond donors (Lipinski definition) is 0. The zero-order valence-electron chi connectivity index (χ0n) is 20.6. The Morgan fingerprint density at radius 2 is 1.24 bits per heavy atom. The Hall–Kier alpha value is -1.84. The Bertz CT molecular complexity index is 1070. The number of rotatable bonds is 3. The number of anilines is 2. The second-order valence-electron chi connectivity index (χ2n) is 8.86. The minimum Gasteiger partial charge on any atom is -0.337 e. The van der Waals surface area contributed by atoms with Crippen molar-refractivity contribution in [3.8, 4) is 0 Å². The van der Waals surface area contributed by atoms with Crippen molar-refractivity contribution in [2.24, 2.45) is 0 Å². The lowest BCUT2D eigenvalue weighted by molar-refractivity contribution is 0.447. The Morgan fingerprint density at radius 1 is 0.636 bits per heavy atom. The second kappa shape index (κ2) is 11.5. The van der Waals surface area contributed by atoms with Crippen LogP contribution in [-0.2, 0) is 0 Å². The predicted octanol–water partition coefficient (Wildman–Crippen LogP) is 10.2. The molecule has 0 N–H and O–H groups in total. The molecule has 5 rings (SSSR count). The molecule has 0 unspecified atom stereocenters. The van der Waals surface area contributed by atoms with Crippen molar-refractivity contribution in [1.82, 2.24) is 0 Å². The van der Waals surface area contributed by atoms with E-state index in [1.807, 2.05) is 37.4 Å². The highest BCUT2D eigenvalue weighted by atomic mass is 32.2. The molecule has 174 valence electrons. The molecule has 0 radical (unpaired) electrons. The largest absolute Gasteiger partial charge is 0.337 e. The molecule has 1 saturated carbocycles. The SMILES string of the molecule is CC.Cc1ccccc1N(c1c(C)ccc2c1Sc1ccccc1S2)C1CCCCCCC1. The van der Waals surface area contributed by atoms with Crippen molar-refractivity contribution < 1.29 is 0 Å². The van der Waals surface area contributed by atoms with Gasteiger partial charge in [-0.15, -0.1) is 0 Å². The van der Waals surface area contributed by atoms with Crippen LogP contribution in [0.2, 0.25) is 0 Å². The fourth-order valence-corrected chi connectivity index (χ4v) is 7.44. The Labute approximate surface area is 209 Å². The second-order valence-corrected chi connectivity index (χ2v) is 11.0. The summed E-state index contributed by atoms with van der Waals surface area (Å²) in [5.41, 5.74) is 5.57. The van der Waals surface area contributed by atoms with Gasteiger partial charge in [-0.3, -0.25) is 0 Å².